The van der Waals surface area contributed by atoms with Gasteiger partial charge in [-0.25, -0.2) is 0 Å². The second kappa shape index (κ2) is 4.56. The first-order valence-corrected chi connectivity index (χ1v) is 5.95. The molecule has 96 valence electrons. The van der Waals surface area contributed by atoms with E-state index < -0.39 is 0 Å². The Morgan fingerprint density at radius 1 is 1.05 bits per heavy atom. The lowest BCUT2D eigenvalue weighted by Crippen LogP contribution is -1.99. The Morgan fingerprint density at radius 2 is 1.80 bits per heavy atom. The maximum Gasteiger partial charge on any atom is 0.193 e. The molecule has 4 nitrogen and oxygen atoms in total. The zero-order valence-corrected chi connectivity index (χ0v) is 10.3. The van der Waals surface area contributed by atoms with Gasteiger partial charge in [-0.05, 0) is 36.4 Å². The van der Waals surface area contributed by atoms with Crippen LogP contribution in [0.25, 0.3) is 22.3 Å². The Hall–Kier alpha value is -3.06. The largest absolute Gasteiger partial charge is 0.508 e. The molecule has 20 heavy (non-hydrogen) atoms. The summed E-state index contributed by atoms with van der Waals surface area (Å²) in [4.78, 5) is 12.0. The van der Waals surface area contributed by atoms with Gasteiger partial charge in [-0.2, -0.15) is 5.26 Å². The van der Waals surface area contributed by atoms with Crippen molar-refractivity contribution in [3.05, 3.63) is 64.3 Å². The standard InChI is InChI=1S/C16H9NO3/c17-9-10-1-3-11(4-2-10)15-8-14(19)13-6-5-12(18)7-16(13)20-15/h1-8,18H. The van der Waals surface area contributed by atoms with Crippen LogP contribution >= 0.6 is 0 Å². The van der Waals surface area contributed by atoms with Crippen LogP contribution < -0.4 is 5.43 Å². The van der Waals surface area contributed by atoms with Gasteiger partial charge >= 0.3 is 0 Å². The molecule has 0 fully saturated rings. The van der Waals surface area contributed by atoms with E-state index in [4.69, 9.17) is 9.68 Å². The van der Waals surface area contributed by atoms with Crippen LogP contribution in [0.4, 0.5) is 0 Å². The highest BCUT2D eigenvalue weighted by Crippen LogP contribution is 2.24. The molecule has 0 radical (unpaired) electrons. The third-order valence-electron chi connectivity index (χ3n) is 3.01. The molecule has 0 aliphatic carbocycles. The molecule has 3 aromatic rings. The first-order chi connectivity index (χ1) is 9.67. The number of phenolic OH excluding ortho intramolecular Hbond substituents is 1. The molecule has 0 bridgehead atoms. The highest BCUT2D eigenvalue weighted by Gasteiger charge is 2.07. The van der Waals surface area contributed by atoms with E-state index in [9.17, 15) is 9.90 Å². The van der Waals surface area contributed by atoms with Crippen molar-refractivity contribution in [1.29, 1.82) is 5.26 Å². The van der Waals surface area contributed by atoms with E-state index in [1.165, 1.54) is 24.3 Å². The summed E-state index contributed by atoms with van der Waals surface area (Å²) in [7, 11) is 0. The number of fused-ring (bicyclic) bond motifs is 1. The van der Waals surface area contributed by atoms with Gasteiger partial charge in [0.05, 0.1) is 17.0 Å². The number of nitriles is 1. The fourth-order valence-electron chi connectivity index (χ4n) is 2.00. The van der Waals surface area contributed by atoms with Crippen LogP contribution in [0.2, 0.25) is 0 Å². The van der Waals surface area contributed by atoms with Crippen molar-refractivity contribution in [2.24, 2.45) is 0 Å². The molecule has 1 aromatic heterocycles. The molecular weight excluding hydrogens is 254 g/mol. The topological polar surface area (TPSA) is 74.2 Å². The minimum Gasteiger partial charge on any atom is -0.508 e. The SMILES string of the molecule is N#Cc1ccc(-c2cc(=O)c3ccc(O)cc3o2)cc1. The second-order valence-electron chi connectivity index (χ2n) is 4.34. The van der Waals surface area contributed by atoms with E-state index in [0.29, 0.717) is 27.9 Å². The smallest absolute Gasteiger partial charge is 0.193 e. The molecule has 1 heterocycles. The van der Waals surface area contributed by atoms with Gasteiger partial charge in [-0.1, -0.05) is 0 Å². The van der Waals surface area contributed by atoms with E-state index in [0.717, 1.165) is 0 Å². The van der Waals surface area contributed by atoms with Gasteiger partial charge in [0.15, 0.2) is 5.43 Å². The fraction of sp³-hybridized carbons (Fsp3) is 0. The number of rotatable bonds is 1. The number of benzene rings is 2. The highest BCUT2D eigenvalue weighted by molar-refractivity contribution is 5.80. The Kier molecular flexibility index (Phi) is 2.73. The van der Waals surface area contributed by atoms with Gasteiger partial charge in [-0.15, -0.1) is 0 Å². The zero-order chi connectivity index (χ0) is 14.1. The molecule has 0 saturated heterocycles. The lowest BCUT2D eigenvalue weighted by Gasteiger charge is -2.03. The van der Waals surface area contributed by atoms with Gasteiger partial charge in [0.25, 0.3) is 0 Å². The average molecular weight is 263 g/mol. The predicted molar refractivity (Wildman–Crippen MR) is 74.3 cm³/mol. The summed E-state index contributed by atoms with van der Waals surface area (Å²) in [6.45, 7) is 0. The molecular formula is C16H9NO3. The van der Waals surface area contributed by atoms with Crippen LogP contribution in [0.3, 0.4) is 0 Å². The lowest BCUT2D eigenvalue weighted by molar-refractivity contribution is 0.474. The first-order valence-electron chi connectivity index (χ1n) is 5.95. The van der Waals surface area contributed by atoms with Gasteiger partial charge in [0.2, 0.25) is 0 Å². The average Bonchev–Trinajstić information content (AvgIpc) is 2.46. The van der Waals surface area contributed by atoms with Crippen molar-refractivity contribution in [1.82, 2.24) is 0 Å². The molecule has 0 atom stereocenters. The van der Waals surface area contributed by atoms with Crippen molar-refractivity contribution < 1.29 is 9.52 Å². The molecule has 0 spiro atoms. The van der Waals surface area contributed by atoms with Crippen molar-refractivity contribution >= 4 is 11.0 Å². The second-order valence-corrected chi connectivity index (χ2v) is 4.34. The molecule has 2 aromatic carbocycles. The molecule has 4 heteroatoms. The van der Waals surface area contributed by atoms with Crippen LogP contribution in [0.1, 0.15) is 5.56 Å². The molecule has 0 unspecified atom stereocenters. The zero-order valence-electron chi connectivity index (χ0n) is 10.3. The minimum atomic E-state index is -0.175. The molecule has 0 aliphatic heterocycles. The summed E-state index contributed by atoms with van der Waals surface area (Å²) in [6, 6.07) is 14.5. The van der Waals surface area contributed by atoms with E-state index >= 15 is 0 Å². The number of aromatic hydroxyl groups is 1. The summed E-state index contributed by atoms with van der Waals surface area (Å²) >= 11 is 0. The lowest BCUT2D eigenvalue weighted by atomic mass is 10.1. The molecule has 0 amide bonds. The van der Waals surface area contributed by atoms with Crippen LogP contribution in [0, 0.1) is 11.3 Å². The molecule has 3 rings (SSSR count). The van der Waals surface area contributed by atoms with Gasteiger partial charge < -0.3 is 9.52 Å². The number of hydrogen-bond donors (Lipinski definition) is 1. The first kappa shape index (κ1) is 12.0. The van der Waals surface area contributed by atoms with Crippen molar-refractivity contribution in [2.45, 2.75) is 0 Å². The fourth-order valence-corrected chi connectivity index (χ4v) is 2.00. The van der Waals surface area contributed by atoms with E-state index in [1.807, 2.05) is 6.07 Å². The summed E-state index contributed by atoms with van der Waals surface area (Å²) in [5.74, 6) is 0.440. The van der Waals surface area contributed by atoms with Crippen LogP contribution in [-0.2, 0) is 0 Å². The van der Waals surface area contributed by atoms with E-state index in [-0.39, 0.29) is 11.2 Å². The Labute approximate surface area is 114 Å². The number of phenols is 1. The summed E-state index contributed by atoms with van der Waals surface area (Å²) in [5, 5.41) is 18.6. The summed E-state index contributed by atoms with van der Waals surface area (Å²) < 4.78 is 5.64. The highest BCUT2D eigenvalue weighted by atomic mass is 16.3. The molecule has 1 N–H and O–H groups in total. The maximum atomic E-state index is 12.0. The van der Waals surface area contributed by atoms with Crippen molar-refractivity contribution in [3.63, 3.8) is 0 Å². The Balaban J connectivity index is 2.21. The maximum absolute atomic E-state index is 12.0. The third kappa shape index (κ3) is 2.02. The minimum absolute atomic E-state index is 0.0395. The van der Waals surface area contributed by atoms with Gasteiger partial charge in [-0.3, -0.25) is 4.79 Å². The number of nitrogens with zero attached hydrogens (tertiary/aromatic N) is 1. The number of hydrogen-bond acceptors (Lipinski definition) is 4. The van der Waals surface area contributed by atoms with Gasteiger partial charge in [0.1, 0.15) is 17.1 Å². The van der Waals surface area contributed by atoms with E-state index in [2.05, 4.69) is 0 Å². The van der Waals surface area contributed by atoms with Crippen molar-refractivity contribution in [3.8, 4) is 23.1 Å². The Morgan fingerprint density at radius 3 is 2.50 bits per heavy atom. The monoisotopic (exact) mass is 263 g/mol. The summed E-state index contributed by atoms with van der Waals surface area (Å²) in [6.07, 6.45) is 0. The van der Waals surface area contributed by atoms with Crippen LogP contribution in [-0.4, -0.2) is 5.11 Å². The predicted octanol–water partition coefficient (Wildman–Crippen LogP) is 3.04. The van der Waals surface area contributed by atoms with Crippen LogP contribution in [0.15, 0.2) is 57.7 Å². The third-order valence-corrected chi connectivity index (χ3v) is 3.01. The quantitative estimate of drug-likeness (QED) is 0.732. The van der Waals surface area contributed by atoms with Crippen molar-refractivity contribution in [2.75, 3.05) is 0 Å². The van der Waals surface area contributed by atoms with Gasteiger partial charge in [0, 0.05) is 17.7 Å². The van der Waals surface area contributed by atoms with E-state index in [1.54, 1.807) is 24.3 Å². The van der Waals surface area contributed by atoms with Crippen LogP contribution in [0.5, 0.6) is 5.75 Å². The summed E-state index contributed by atoms with van der Waals surface area (Å²) in [5.41, 5.74) is 1.39. The normalized spacial score (nSPS) is 10.3. The molecule has 0 aliphatic rings. The molecule has 0 saturated carbocycles. The Bertz CT molecular complexity index is 886.